The van der Waals surface area contributed by atoms with Gasteiger partial charge in [-0.25, -0.2) is 4.79 Å². The molecule has 26 heavy (non-hydrogen) atoms. The van der Waals surface area contributed by atoms with Crippen molar-refractivity contribution in [2.75, 3.05) is 5.32 Å². The van der Waals surface area contributed by atoms with Crippen LogP contribution in [0.15, 0.2) is 30.3 Å². The van der Waals surface area contributed by atoms with Gasteiger partial charge in [0.15, 0.2) is 6.10 Å². The summed E-state index contributed by atoms with van der Waals surface area (Å²) in [5.41, 5.74) is 2.19. The fourth-order valence-electron chi connectivity index (χ4n) is 2.95. The molecular formula is C20H20N2O3S. The number of fused-ring (bicyclic) bond motifs is 1. The Kier molecular flexibility index (Phi) is 5.69. The first kappa shape index (κ1) is 18.2. The second-order valence-corrected chi connectivity index (χ2v) is 7.49. The number of rotatable bonds is 4. The number of hydrogen-bond acceptors (Lipinski definition) is 5. The van der Waals surface area contributed by atoms with Crippen molar-refractivity contribution >= 4 is 28.9 Å². The molecule has 1 aliphatic carbocycles. The first-order valence-corrected chi connectivity index (χ1v) is 9.52. The lowest BCUT2D eigenvalue weighted by Gasteiger charge is -2.13. The monoisotopic (exact) mass is 368 g/mol. The van der Waals surface area contributed by atoms with E-state index in [9.17, 15) is 9.59 Å². The van der Waals surface area contributed by atoms with E-state index in [-0.39, 0.29) is 0 Å². The number of carbonyl (C=O) groups excluding carboxylic acids is 2. The Hall–Kier alpha value is -2.65. The molecule has 1 atom stereocenters. The predicted octanol–water partition coefficient (Wildman–Crippen LogP) is 4.07. The SMILES string of the molecule is C[C@@H](OC(=O)c1cc2c(s1)CCCCC2)C(=O)Nc1cccc(C#N)c1. The first-order chi connectivity index (χ1) is 12.6. The molecule has 1 aromatic carbocycles. The summed E-state index contributed by atoms with van der Waals surface area (Å²) < 4.78 is 5.33. The minimum absolute atomic E-state index is 0.424. The third-order valence-electron chi connectivity index (χ3n) is 4.36. The molecule has 134 valence electrons. The maximum Gasteiger partial charge on any atom is 0.349 e. The van der Waals surface area contributed by atoms with Crippen LogP contribution in [0.5, 0.6) is 0 Å². The summed E-state index contributed by atoms with van der Waals surface area (Å²) in [6.45, 7) is 1.54. The minimum Gasteiger partial charge on any atom is -0.448 e. The van der Waals surface area contributed by atoms with Gasteiger partial charge in [0.25, 0.3) is 5.91 Å². The quantitative estimate of drug-likeness (QED) is 0.652. The van der Waals surface area contributed by atoms with Gasteiger partial charge in [0.05, 0.1) is 11.6 Å². The molecule has 1 heterocycles. The fourth-order valence-corrected chi connectivity index (χ4v) is 4.09. The maximum atomic E-state index is 12.4. The Morgan fingerprint density at radius 1 is 1.23 bits per heavy atom. The molecule has 0 fully saturated rings. The highest BCUT2D eigenvalue weighted by molar-refractivity contribution is 7.14. The molecule has 2 aromatic rings. The van der Waals surface area contributed by atoms with Crippen LogP contribution in [0, 0.1) is 11.3 Å². The predicted molar refractivity (Wildman–Crippen MR) is 100 cm³/mol. The van der Waals surface area contributed by atoms with E-state index in [1.54, 1.807) is 31.2 Å². The minimum atomic E-state index is -0.921. The van der Waals surface area contributed by atoms with Crippen molar-refractivity contribution in [1.82, 2.24) is 0 Å². The molecule has 0 bridgehead atoms. The fraction of sp³-hybridized carbons (Fsp3) is 0.350. The third-order valence-corrected chi connectivity index (χ3v) is 5.58. The van der Waals surface area contributed by atoms with Crippen LogP contribution in [0.25, 0.3) is 0 Å². The topological polar surface area (TPSA) is 79.2 Å². The van der Waals surface area contributed by atoms with Crippen LogP contribution in [0.4, 0.5) is 5.69 Å². The van der Waals surface area contributed by atoms with Crippen LogP contribution < -0.4 is 5.32 Å². The van der Waals surface area contributed by atoms with Gasteiger partial charge in [0.2, 0.25) is 0 Å². The zero-order valence-electron chi connectivity index (χ0n) is 14.6. The van der Waals surface area contributed by atoms with Crippen LogP contribution in [-0.4, -0.2) is 18.0 Å². The van der Waals surface area contributed by atoms with Gasteiger partial charge in [-0.3, -0.25) is 4.79 Å². The van der Waals surface area contributed by atoms with E-state index in [2.05, 4.69) is 5.32 Å². The zero-order chi connectivity index (χ0) is 18.5. The molecule has 1 aliphatic rings. The number of nitrogens with one attached hydrogen (secondary N) is 1. The molecule has 0 saturated carbocycles. The Labute approximate surface area is 156 Å². The molecule has 1 amide bonds. The third kappa shape index (κ3) is 4.30. The number of nitriles is 1. The highest BCUT2D eigenvalue weighted by Crippen LogP contribution is 2.29. The molecule has 3 rings (SSSR count). The largest absolute Gasteiger partial charge is 0.448 e. The average Bonchev–Trinajstić information content (AvgIpc) is 2.92. The molecule has 0 spiro atoms. The number of benzene rings is 1. The molecule has 1 N–H and O–H groups in total. The van der Waals surface area contributed by atoms with E-state index in [1.165, 1.54) is 28.2 Å². The number of aryl methyl sites for hydroxylation is 2. The second kappa shape index (κ2) is 8.15. The van der Waals surface area contributed by atoms with Crippen molar-refractivity contribution in [3.63, 3.8) is 0 Å². The molecule has 0 radical (unpaired) electrons. The highest BCUT2D eigenvalue weighted by atomic mass is 32.1. The van der Waals surface area contributed by atoms with E-state index < -0.39 is 18.0 Å². The smallest absolute Gasteiger partial charge is 0.349 e. The van der Waals surface area contributed by atoms with Crippen LogP contribution in [-0.2, 0) is 22.4 Å². The Morgan fingerprint density at radius 2 is 2.04 bits per heavy atom. The van der Waals surface area contributed by atoms with E-state index in [1.807, 2.05) is 12.1 Å². The standard InChI is InChI=1S/C20H20N2O3S/c1-13(19(23)22-16-8-5-6-14(10-16)12-21)25-20(24)18-11-15-7-3-2-4-9-17(15)26-18/h5-6,8,10-11,13H,2-4,7,9H2,1H3,(H,22,23)/t13-/m1/s1. The van der Waals surface area contributed by atoms with E-state index in [4.69, 9.17) is 10.00 Å². The lowest BCUT2D eigenvalue weighted by molar-refractivity contribution is -0.123. The number of esters is 1. The normalized spacial score (nSPS) is 14.5. The van der Waals surface area contributed by atoms with Crippen LogP contribution in [0.3, 0.4) is 0 Å². The number of nitrogens with zero attached hydrogens (tertiary/aromatic N) is 1. The molecule has 1 aromatic heterocycles. The van der Waals surface area contributed by atoms with Crippen molar-refractivity contribution in [1.29, 1.82) is 5.26 Å². The van der Waals surface area contributed by atoms with Crippen molar-refractivity contribution in [3.8, 4) is 6.07 Å². The molecule has 0 aliphatic heterocycles. The van der Waals surface area contributed by atoms with E-state index >= 15 is 0 Å². The van der Waals surface area contributed by atoms with Crippen LogP contribution in [0.1, 0.15) is 51.9 Å². The number of carbonyl (C=O) groups is 2. The number of hydrogen-bond donors (Lipinski definition) is 1. The molecule has 0 unspecified atom stereocenters. The van der Waals surface area contributed by atoms with Gasteiger partial charge in [-0.05, 0) is 62.4 Å². The lowest BCUT2D eigenvalue weighted by atomic mass is 10.1. The summed E-state index contributed by atoms with van der Waals surface area (Å²) in [7, 11) is 0. The summed E-state index contributed by atoms with van der Waals surface area (Å²) in [6.07, 6.45) is 4.63. The van der Waals surface area contributed by atoms with Crippen molar-refractivity contribution in [2.45, 2.75) is 45.1 Å². The van der Waals surface area contributed by atoms with Crippen LogP contribution in [0.2, 0.25) is 0 Å². The first-order valence-electron chi connectivity index (χ1n) is 8.70. The Balaban J connectivity index is 1.61. The van der Waals surface area contributed by atoms with Crippen molar-refractivity contribution in [2.24, 2.45) is 0 Å². The van der Waals surface area contributed by atoms with Gasteiger partial charge in [0, 0.05) is 10.6 Å². The average molecular weight is 368 g/mol. The number of thiophene rings is 1. The summed E-state index contributed by atoms with van der Waals surface area (Å²) >= 11 is 1.48. The maximum absolute atomic E-state index is 12.4. The highest BCUT2D eigenvalue weighted by Gasteiger charge is 2.22. The van der Waals surface area contributed by atoms with Gasteiger partial charge >= 0.3 is 5.97 Å². The summed E-state index contributed by atoms with van der Waals surface area (Å²) in [5.74, 6) is -0.886. The molecular weight excluding hydrogens is 348 g/mol. The summed E-state index contributed by atoms with van der Waals surface area (Å²) in [6, 6.07) is 10.5. The zero-order valence-corrected chi connectivity index (χ0v) is 15.4. The van der Waals surface area contributed by atoms with Crippen LogP contribution >= 0.6 is 11.3 Å². The van der Waals surface area contributed by atoms with E-state index in [0.29, 0.717) is 16.1 Å². The Bertz CT molecular complexity index is 843. The van der Waals surface area contributed by atoms with E-state index in [0.717, 1.165) is 25.7 Å². The van der Waals surface area contributed by atoms with Crippen molar-refractivity contribution in [3.05, 3.63) is 51.2 Å². The number of amides is 1. The summed E-state index contributed by atoms with van der Waals surface area (Å²) in [4.78, 5) is 26.5. The lowest BCUT2D eigenvalue weighted by Crippen LogP contribution is -2.29. The second-order valence-electron chi connectivity index (χ2n) is 6.35. The molecule has 6 heteroatoms. The van der Waals surface area contributed by atoms with Gasteiger partial charge in [-0.2, -0.15) is 5.26 Å². The summed E-state index contributed by atoms with van der Waals surface area (Å²) in [5, 5.41) is 11.6. The van der Waals surface area contributed by atoms with Gasteiger partial charge in [-0.15, -0.1) is 11.3 Å². The number of anilines is 1. The molecule has 5 nitrogen and oxygen atoms in total. The van der Waals surface area contributed by atoms with Gasteiger partial charge < -0.3 is 10.1 Å². The van der Waals surface area contributed by atoms with Gasteiger partial charge in [-0.1, -0.05) is 12.5 Å². The number of ether oxygens (including phenoxy) is 1. The molecule has 0 saturated heterocycles. The Morgan fingerprint density at radius 3 is 2.85 bits per heavy atom. The van der Waals surface area contributed by atoms with Crippen molar-refractivity contribution < 1.29 is 14.3 Å². The van der Waals surface area contributed by atoms with Gasteiger partial charge in [0.1, 0.15) is 4.88 Å².